The molecule has 0 fully saturated rings. The van der Waals surface area contributed by atoms with E-state index in [-0.39, 0.29) is 0 Å². The van der Waals surface area contributed by atoms with Crippen LogP contribution in [0.2, 0.25) is 19.6 Å². The van der Waals surface area contributed by atoms with E-state index in [9.17, 15) is 0 Å². The Balaban J connectivity index is 4.05. The first-order chi connectivity index (χ1) is 5.06. The lowest BCUT2D eigenvalue weighted by Crippen LogP contribution is -2.16. The van der Waals surface area contributed by atoms with Crippen LogP contribution < -0.4 is 0 Å². The highest BCUT2D eigenvalue weighted by molar-refractivity contribution is 6.83. The van der Waals surface area contributed by atoms with Gasteiger partial charge in [0.15, 0.2) is 0 Å². The van der Waals surface area contributed by atoms with Gasteiger partial charge in [0.05, 0.1) is 0 Å². The van der Waals surface area contributed by atoms with Gasteiger partial charge in [-0.05, 0) is 11.8 Å². The maximum absolute atomic E-state index is 5.25. The highest BCUT2D eigenvalue weighted by atomic mass is 35.5. The molecular formula is C9H11ClSi. The van der Waals surface area contributed by atoms with Crippen molar-refractivity contribution in [3.05, 3.63) is 11.6 Å². The summed E-state index contributed by atoms with van der Waals surface area (Å²) >= 11 is 5.25. The minimum absolute atomic E-state index is 1.24. The van der Waals surface area contributed by atoms with E-state index in [0.29, 0.717) is 0 Å². The molecule has 0 bridgehead atoms. The molecule has 0 aliphatic heterocycles. The van der Waals surface area contributed by atoms with Crippen LogP contribution in [0, 0.1) is 23.3 Å². The lowest BCUT2D eigenvalue weighted by atomic mass is 10.6. The highest BCUT2D eigenvalue weighted by Gasteiger charge is 2.06. The topological polar surface area (TPSA) is 0 Å². The number of allylic oxidation sites excluding steroid dienone is 1. The molecule has 0 heterocycles. The summed E-state index contributed by atoms with van der Waals surface area (Å²) in [5.41, 5.74) is 4.50. The average Bonchev–Trinajstić information content (AvgIpc) is 1.85. The number of hydrogen-bond donors (Lipinski definition) is 0. The van der Waals surface area contributed by atoms with Crippen molar-refractivity contribution in [1.29, 1.82) is 0 Å². The van der Waals surface area contributed by atoms with Crippen molar-refractivity contribution in [3.8, 4) is 23.3 Å². The second-order valence-electron chi connectivity index (χ2n) is 3.06. The lowest BCUT2D eigenvalue weighted by molar-refractivity contribution is 1.81. The van der Waals surface area contributed by atoms with Crippen LogP contribution in [-0.2, 0) is 0 Å². The molecule has 0 spiro atoms. The van der Waals surface area contributed by atoms with Gasteiger partial charge >= 0.3 is 0 Å². The molecule has 11 heavy (non-hydrogen) atoms. The Kier molecular flexibility index (Phi) is 4.78. The minimum Gasteiger partial charge on any atom is -0.118 e. The van der Waals surface area contributed by atoms with Crippen molar-refractivity contribution in [2.24, 2.45) is 0 Å². The maximum atomic E-state index is 5.25. The largest absolute Gasteiger partial charge is 0.130 e. The summed E-state index contributed by atoms with van der Waals surface area (Å²) in [7, 11) is -1.24. The van der Waals surface area contributed by atoms with Crippen molar-refractivity contribution in [1.82, 2.24) is 0 Å². The van der Waals surface area contributed by atoms with Gasteiger partial charge < -0.3 is 0 Å². The van der Waals surface area contributed by atoms with E-state index in [0.717, 1.165) is 0 Å². The van der Waals surface area contributed by atoms with Crippen LogP contribution in [0.25, 0.3) is 0 Å². The van der Waals surface area contributed by atoms with E-state index in [1.54, 1.807) is 6.08 Å². The quantitative estimate of drug-likeness (QED) is 0.399. The monoisotopic (exact) mass is 182 g/mol. The Morgan fingerprint density at radius 2 is 1.82 bits per heavy atom. The summed E-state index contributed by atoms with van der Waals surface area (Å²) in [6.07, 6.45) is 1.57. The van der Waals surface area contributed by atoms with Crippen LogP contribution in [-0.4, -0.2) is 8.07 Å². The van der Waals surface area contributed by atoms with Gasteiger partial charge in [0.1, 0.15) is 8.07 Å². The Morgan fingerprint density at radius 1 is 1.18 bits per heavy atom. The zero-order chi connectivity index (χ0) is 8.74. The zero-order valence-corrected chi connectivity index (χ0v) is 8.79. The standard InChI is InChI=1S/C9H11ClSi/c1-11(2,3)9-7-5-4-6-8-10/h6,8H,1-3H3/b8-6+. The summed E-state index contributed by atoms with van der Waals surface area (Å²) < 4.78 is 0. The van der Waals surface area contributed by atoms with Crippen molar-refractivity contribution >= 4 is 19.7 Å². The van der Waals surface area contributed by atoms with Crippen molar-refractivity contribution in [3.63, 3.8) is 0 Å². The molecule has 58 valence electrons. The van der Waals surface area contributed by atoms with E-state index >= 15 is 0 Å². The predicted octanol–water partition coefficient (Wildman–Crippen LogP) is 2.62. The molecule has 0 nitrogen and oxygen atoms in total. The third kappa shape index (κ3) is 9.37. The van der Waals surface area contributed by atoms with Crippen molar-refractivity contribution in [2.45, 2.75) is 19.6 Å². The smallest absolute Gasteiger partial charge is 0.118 e. The second-order valence-corrected chi connectivity index (χ2v) is 8.06. The fourth-order valence-corrected chi connectivity index (χ4v) is 0.828. The number of hydrogen-bond acceptors (Lipinski definition) is 0. The normalized spacial score (nSPS) is 9.82. The molecule has 0 saturated carbocycles. The first kappa shape index (κ1) is 10.4. The molecule has 0 aromatic carbocycles. The Hall–Kier alpha value is -0.633. The lowest BCUT2D eigenvalue weighted by Gasteiger charge is -2.01. The van der Waals surface area contributed by atoms with E-state index < -0.39 is 8.07 Å². The third-order valence-corrected chi connectivity index (χ3v) is 1.72. The minimum atomic E-state index is -1.24. The van der Waals surface area contributed by atoms with Crippen LogP contribution in [0.15, 0.2) is 11.6 Å². The molecule has 0 aromatic heterocycles. The summed E-state index contributed by atoms with van der Waals surface area (Å²) in [5, 5.41) is 0. The molecule has 0 aliphatic carbocycles. The average molecular weight is 183 g/mol. The zero-order valence-electron chi connectivity index (χ0n) is 7.03. The van der Waals surface area contributed by atoms with Crippen LogP contribution in [0.4, 0.5) is 0 Å². The Labute approximate surface area is 74.7 Å². The third-order valence-electron chi connectivity index (χ3n) is 0.718. The summed E-state index contributed by atoms with van der Waals surface area (Å²) in [6.45, 7) is 6.54. The summed E-state index contributed by atoms with van der Waals surface area (Å²) in [6, 6.07) is 0. The van der Waals surface area contributed by atoms with Crippen LogP contribution in [0.1, 0.15) is 0 Å². The molecule has 0 aliphatic rings. The Morgan fingerprint density at radius 3 is 2.27 bits per heavy atom. The van der Waals surface area contributed by atoms with Crippen LogP contribution in [0.5, 0.6) is 0 Å². The molecule has 0 atom stereocenters. The predicted molar refractivity (Wildman–Crippen MR) is 53.9 cm³/mol. The SMILES string of the molecule is C[Si](C)(C)C#CC#C/C=C/Cl. The van der Waals surface area contributed by atoms with E-state index in [1.165, 1.54) is 5.54 Å². The van der Waals surface area contributed by atoms with Gasteiger partial charge in [-0.3, -0.25) is 0 Å². The summed E-state index contributed by atoms with van der Waals surface area (Å²) in [4.78, 5) is 0. The van der Waals surface area contributed by atoms with Crippen molar-refractivity contribution in [2.75, 3.05) is 0 Å². The number of halogens is 1. The highest BCUT2D eigenvalue weighted by Crippen LogP contribution is 1.95. The van der Waals surface area contributed by atoms with E-state index in [2.05, 4.69) is 42.9 Å². The molecule has 0 aromatic rings. The van der Waals surface area contributed by atoms with Gasteiger partial charge in [-0.25, -0.2) is 0 Å². The molecule has 0 unspecified atom stereocenters. The fraction of sp³-hybridized carbons (Fsp3) is 0.333. The van der Waals surface area contributed by atoms with Gasteiger partial charge in [0, 0.05) is 11.6 Å². The fourth-order valence-electron chi connectivity index (χ4n) is 0.328. The first-order valence-corrected chi connectivity index (χ1v) is 7.28. The molecule has 0 N–H and O–H groups in total. The molecule has 0 rings (SSSR count). The summed E-state index contributed by atoms with van der Waals surface area (Å²) in [5.74, 6) is 8.19. The van der Waals surface area contributed by atoms with Gasteiger partial charge in [0.2, 0.25) is 0 Å². The van der Waals surface area contributed by atoms with Crippen LogP contribution in [0.3, 0.4) is 0 Å². The van der Waals surface area contributed by atoms with Gasteiger partial charge in [-0.15, -0.1) is 5.54 Å². The molecule has 2 heteroatoms. The van der Waals surface area contributed by atoms with E-state index in [1.807, 2.05) is 0 Å². The van der Waals surface area contributed by atoms with Gasteiger partial charge in [0.25, 0.3) is 0 Å². The molecular weight excluding hydrogens is 172 g/mol. The second kappa shape index (κ2) is 5.08. The Bertz CT molecular complexity index is 249. The maximum Gasteiger partial charge on any atom is 0.130 e. The van der Waals surface area contributed by atoms with Gasteiger partial charge in [-0.1, -0.05) is 37.2 Å². The number of rotatable bonds is 0. The van der Waals surface area contributed by atoms with E-state index in [4.69, 9.17) is 11.6 Å². The van der Waals surface area contributed by atoms with Crippen molar-refractivity contribution < 1.29 is 0 Å². The molecule has 0 amide bonds. The molecule has 0 saturated heterocycles. The van der Waals surface area contributed by atoms with Gasteiger partial charge in [-0.2, -0.15) is 0 Å². The molecule has 0 radical (unpaired) electrons. The van der Waals surface area contributed by atoms with Crippen LogP contribution >= 0.6 is 11.6 Å². The first-order valence-electron chi connectivity index (χ1n) is 3.34.